The monoisotopic (exact) mass is 313 g/mol. The topological polar surface area (TPSA) is 68.3 Å². The Morgan fingerprint density at radius 2 is 2.00 bits per heavy atom. The molecule has 2 aliphatic rings. The number of β-amino-alcohol motifs (C(OH)–C–C–N with tert-alkyl or cyclic N) is 1. The van der Waals surface area contributed by atoms with E-state index < -0.39 is 0 Å². The fraction of sp³-hybridized carbons (Fsp3) is 0.529. The fourth-order valence-electron chi connectivity index (χ4n) is 3.28. The van der Waals surface area contributed by atoms with Crippen molar-refractivity contribution < 1.29 is 5.11 Å². The van der Waals surface area contributed by atoms with E-state index in [9.17, 15) is 5.11 Å². The van der Waals surface area contributed by atoms with E-state index in [1.807, 2.05) is 12.1 Å². The fourth-order valence-corrected chi connectivity index (χ4v) is 3.28. The lowest BCUT2D eigenvalue weighted by Gasteiger charge is -2.23. The molecular formula is C17H23N5O. The molecule has 6 nitrogen and oxygen atoms in total. The van der Waals surface area contributed by atoms with Crippen molar-refractivity contribution in [3.05, 3.63) is 42.0 Å². The Morgan fingerprint density at radius 3 is 2.78 bits per heavy atom. The second-order valence-electron chi connectivity index (χ2n) is 6.63. The summed E-state index contributed by atoms with van der Waals surface area (Å²) in [6.07, 6.45) is 5.79. The maximum absolute atomic E-state index is 10.3. The molecule has 23 heavy (non-hydrogen) atoms. The van der Waals surface area contributed by atoms with Gasteiger partial charge in [-0.2, -0.15) is 5.10 Å². The molecule has 3 heterocycles. The molecule has 0 aromatic carbocycles. The van der Waals surface area contributed by atoms with Crippen molar-refractivity contribution in [2.24, 2.45) is 0 Å². The van der Waals surface area contributed by atoms with Gasteiger partial charge in [0.05, 0.1) is 11.8 Å². The Balaban J connectivity index is 1.40. The highest BCUT2D eigenvalue weighted by Gasteiger charge is 2.27. The molecule has 4 rings (SSSR count). The van der Waals surface area contributed by atoms with Crippen molar-refractivity contribution in [3.63, 3.8) is 0 Å². The van der Waals surface area contributed by atoms with E-state index in [1.54, 1.807) is 12.4 Å². The highest BCUT2D eigenvalue weighted by atomic mass is 16.3. The van der Waals surface area contributed by atoms with Gasteiger partial charge in [0, 0.05) is 62.4 Å². The van der Waals surface area contributed by atoms with Crippen LogP contribution in [0, 0.1) is 0 Å². The molecule has 0 amide bonds. The number of aromatic amines is 1. The van der Waals surface area contributed by atoms with Gasteiger partial charge in [-0.05, 0) is 31.0 Å². The van der Waals surface area contributed by atoms with E-state index in [0.29, 0.717) is 19.0 Å². The second-order valence-corrected chi connectivity index (χ2v) is 6.63. The number of hydrogen-bond acceptors (Lipinski definition) is 5. The number of nitrogens with zero attached hydrogens (tertiary/aromatic N) is 4. The molecule has 1 aliphatic carbocycles. The number of rotatable bonds is 4. The lowest BCUT2D eigenvalue weighted by Crippen LogP contribution is -2.33. The van der Waals surface area contributed by atoms with Crippen LogP contribution in [0.5, 0.6) is 0 Å². The summed E-state index contributed by atoms with van der Waals surface area (Å²) in [4.78, 5) is 8.60. The average Bonchev–Trinajstić information content (AvgIpc) is 3.34. The van der Waals surface area contributed by atoms with Crippen LogP contribution in [0.2, 0.25) is 0 Å². The van der Waals surface area contributed by atoms with Gasteiger partial charge in [0.1, 0.15) is 0 Å². The smallest absolute Gasteiger partial charge is 0.0841 e. The minimum atomic E-state index is -0.350. The van der Waals surface area contributed by atoms with Crippen molar-refractivity contribution in [2.75, 3.05) is 31.1 Å². The Hall–Kier alpha value is -1.92. The first-order valence-corrected chi connectivity index (χ1v) is 8.37. The van der Waals surface area contributed by atoms with Crippen molar-refractivity contribution in [1.29, 1.82) is 0 Å². The number of aromatic nitrogens is 3. The van der Waals surface area contributed by atoms with E-state index in [1.165, 1.54) is 18.5 Å². The number of pyridine rings is 1. The number of nitrogens with one attached hydrogen (secondary N) is 1. The van der Waals surface area contributed by atoms with Gasteiger partial charge in [0.15, 0.2) is 0 Å². The SMILES string of the molecule is OC1CN(Cc2cc(C3CC3)n[nH]2)CCN(c2ccncc2)C1. The number of hydrogen-bond donors (Lipinski definition) is 2. The number of aliphatic hydroxyl groups is 1. The molecule has 122 valence electrons. The van der Waals surface area contributed by atoms with Gasteiger partial charge in [0.2, 0.25) is 0 Å². The van der Waals surface area contributed by atoms with Gasteiger partial charge < -0.3 is 10.0 Å². The summed E-state index contributed by atoms with van der Waals surface area (Å²) < 4.78 is 0. The zero-order chi connectivity index (χ0) is 15.6. The van der Waals surface area contributed by atoms with Crippen LogP contribution in [0.1, 0.15) is 30.1 Å². The molecule has 1 atom stereocenters. The first-order valence-electron chi connectivity index (χ1n) is 8.37. The van der Waals surface area contributed by atoms with Crippen molar-refractivity contribution >= 4 is 5.69 Å². The third-order valence-electron chi connectivity index (χ3n) is 4.65. The van der Waals surface area contributed by atoms with Crippen LogP contribution >= 0.6 is 0 Å². The number of aliphatic hydroxyl groups excluding tert-OH is 1. The minimum absolute atomic E-state index is 0.350. The molecule has 1 saturated heterocycles. The Labute approximate surface area is 136 Å². The Morgan fingerprint density at radius 1 is 1.17 bits per heavy atom. The van der Waals surface area contributed by atoms with Gasteiger partial charge in [-0.15, -0.1) is 0 Å². The molecule has 1 unspecified atom stereocenters. The molecule has 0 radical (unpaired) electrons. The third-order valence-corrected chi connectivity index (χ3v) is 4.65. The van der Waals surface area contributed by atoms with Crippen LogP contribution in [-0.2, 0) is 6.54 Å². The van der Waals surface area contributed by atoms with E-state index in [-0.39, 0.29) is 6.10 Å². The molecule has 2 aromatic heterocycles. The Bertz CT molecular complexity index is 639. The molecule has 2 N–H and O–H groups in total. The van der Waals surface area contributed by atoms with Gasteiger partial charge in [-0.1, -0.05) is 0 Å². The average molecular weight is 313 g/mol. The quantitative estimate of drug-likeness (QED) is 0.892. The van der Waals surface area contributed by atoms with Crippen LogP contribution in [0.25, 0.3) is 0 Å². The van der Waals surface area contributed by atoms with E-state index in [4.69, 9.17) is 0 Å². The molecule has 2 aromatic rings. The van der Waals surface area contributed by atoms with Gasteiger partial charge in [0.25, 0.3) is 0 Å². The van der Waals surface area contributed by atoms with Crippen LogP contribution in [0.3, 0.4) is 0 Å². The minimum Gasteiger partial charge on any atom is -0.390 e. The molecule has 6 heteroatoms. The summed E-state index contributed by atoms with van der Waals surface area (Å²) in [6.45, 7) is 4.01. The maximum Gasteiger partial charge on any atom is 0.0841 e. The largest absolute Gasteiger partial charge is 0.390 e. The molecular weight excluding hydrogens is 290 g/mol. The predicted molar refractivity (Wildman–Crippen MR) is 88.3 cm³/mol. The molecule has 0 bridgehead atoms. The van der Waals surface area contributed by atoms with Crippen LogP contribution in [-0.4, -0.2) is 57.5 Å². The first kappa shape index (κ1) is 14.7. The second kappa shape index (κ2) is 6.29. The first-order chi connectivity index (χ1) is 11.3. The lowest BCUT2D eigenvalue weighted by atomic mass is 10.2. The summed E-state index contributed by atoms with van der Waals surface area (Å²) in [7, 11) is 0. The van der Waals surface area contributed by atoms with Gasteiger partial charge in [-0.3, -0.25) is 15.0 Å². The van der Waals surface area contributed by atoms with E-state index in [2.05, 4.69) is 31.0 Å². The van der Waals surface area contributed by atoms with E-state index in [0.717, 1.165) is 31.0 Å². The van der Waals surface area contributed by atoms with Crippen LogP contribution in [0.15, 0.2) is 30.6 Å². The normalized spacial score (nSPS) is 23.0. The summed E-state index contributed by atoms with van der Waals surface area (Å²) in [5.41, 5.74) is 3.48. The van der Waals surface area contributed by atoms with Crippen LogP contribution < -0.4 is 4.90 Å². The van der Waals surface area contributed by atoms with Crippen molar-refractivity contribution in [3.8, 4) is 0 Å². The highest BCUT2D eigenvalue weighted by Crippen LogP contribution is 2.39. The number of anilines is 1. The molecule has 1 saturated carbocycles. The van der Waals surface area contributed by atoms with Gasteiger partial charge in [-0.25, -0.2) is 0 Å². The van der Waals surface area contributed by atoms with Crippen molar-refractivity contribution in [1.82, 2.24) is 20.1 Å². The molecule has 1 aliphatic heterocycles. The molecule has 0 spiro atoms. The van der Waals surface area contributed by atoms with Crippen molar-refractivity contribution in [2.45, 2.75) is 31.4 Å². The third kappa shape index (κ3) is 3.54. The zero-order valence-corrected chi connectivity index (χ0v) is 13.2. The maximum atomic E-state index is 10.3. The highest BCUT2D eigenvalue weighted by molar-refractivity contribution is 5.44. The summed E-state index contributed by atoms with van der Waals surface area (Å²) >= 11 is 0. The lowest BCUT2D eigenvalue weighted by molar-refractivity contribution is 0.128. The standard InChI is InChI=1S/C17H23N5O/c23-16-11-21(10-14-9-17(20-19-14)13-1-2-13)7-8-22(12-16)15-3-5-18-6-4-15/h3-6,9,13,16,23H,1-2,7-8,10-12H2,(H,19,20). The van der Waals surface area contributed by atoms with Gasteiger partial charge >= 0.3 is 0 Å². The Kier molecular flexibility index (Phi) is 4.01. The number of H-pyrrole nitrogens is 1. The summed E-state index contributed by atoms with van der Waals surface area (Å²) in [6, 6.07) is 6.19. The van der Waals surface area contributed by atoms with E-state index >= 15 is 0 Å². The zero-order valence-electron chi connectivity index (χ0n) is 13.2. The summed E-state index contributed by atoms with van der Waals surface area (Å²) in [5.74, 6) is 0.678. The molecule has 2 fully saturated rings. The van der Waals surface area contributed by atoms with Crippen LogP contribution in [0.4, 0.5) is 5.69 Å². The summed E-state index contributed by atoms with van der Waals surface area (Å²) in [5, 5.41) is 17.9. The predicted octanol–water partition coefficient (Wildman–Crippen LogP) is 1.37.